The van der Waals surface area contributed by atoms with E-state index in [1.165, 1.54) is 0 Å². The van der Waals surface area contributed by atoms with Gasteiger partial charge in [0.25, 0.3) is 0 Å². The zero-order valence-electron chi connectivity index (χ0n) is 27.5. The van der Waals surface area contributed by atoms with Gasteiger partial charge in [0.2, 0.25) is 5.91 Å². The highest BCUT2D eigenvalue weighted by Gasteiger charge is 2.29. The molecule has 0 saturated heterocycles. The van der Waals surface area contributed by atoms with Crippen molar-refractivity contribution < 1.29 is 14.4 Å². The molecule has 0 radical (unpaired) electrons. The van der Waals surface area contributed by atoms with E-state index in [0.717, 1.165) is 118 Å². The molecule has 1 unspecified atom stereocenters. The van der Waals surface area contributed by atoms with E-state index < -0.39 is 0 Å². The minimum absolute atomic E-state index is 0. The topological polar surface area (TPSA) is 144 Å². The molecule has 4 rings (SSSR count). The fraction of sp³-hybridized carbons (Fsp3) is 0.639. The van der Waals surface area contributed by atoms with Gasteiger partial charge < -0.3 is 26.3 Å². The molecule has 0 bridgehead atoms. The van der Waals surface area contributed by atoms with Crippen molar-refractivity contribution in [3.05, 3.63) is 30.1 Å². The Morgan fingerprint density at radius 1 is 0.978 bits per heavy atom. The van der Waals surface area contributed by atoms with Crippen LogP contribution in [0.15, 0.2) is 24.3 Å². The van der Waals surface area contributed by atoms with Crippen LogP contribution < -0.4 is 21.7 Å². The van der Waals surface area contributed by atoms with Crippen molar-refractivity contribution in [1.82, 2.24) is 30.5 Å². The van der Waals surface area contributed by atoms with Crippen LogP contribution in [0.25, 0.3) is 21.9 Å². The number of nitrogen functional groups attached to an aromatic ring is 1. The van der Waals surface area contributed by atoms with Crippen molar-refractivity contribution in [3.63, 3.8) is 0 Å². The molecule has 1 aliphatic carbocycles. The predicted octanol–water partition coefficient (Wildman–Crippen LogP) is 5.35. The summed E-state index contributed by atoms with van der Waals surface area (Å²) in [6.07, 6.45) is 10.6. The Morgan fingerprint density at radius 2 is 1.70 bits per heavy atom. The lowest BCUT2D eigenvalue weighted by Gasteiger charge is -2.27. The van der Waals surface area contributed by atoms with Gasteiger partial charge in [0, 0.05) is 36.7 Å². The number of likely N-dealkylation sites (N-methyl/N-ethyl adjacent to an activating group) is 1. The molecule has 10 heteroatoms. The Hall–Kier alpha value is -3.37. The number of anilines is 1. The second kappa shape index (κ2) is 18.7. The normalized spacial score (nSPS) is 17.1. The van der Waals surface area contributed by atoms with E-state index in [1.807, 2.05) is 18.2 Å². The number of nitrogens with zero attached hydrogens (tertiary/aromatic N) is 3. The molecule has 1 saturated carbocycles. The summed E-state index contributed by atoms with van der Waals surface area (Å²) in [5, 5.41) is 10.5. The van der Waals surface area contributed by atoms with E-state index in [9.17, 15) is 14.4 Å². The molecule has 0 spiro atoms. The molecule has 1 aliphatic rings. The molecule has 2 heterocycles. The van der Waals surface area contributed by atoms with E-state index in [4.69, 9.17) is 10.7 Å². The zero-order valence-corrected chi connectivity index (χ0v) is 27.5. The average molecular weight is 636 g/mol. The number of fused-ring (bicyclic) bond motifs is 3. The first-order valence-corrected chi connectivity index (χ1v) is 17.1. The highest BCUT2D eigenvalue weighted by Crippen LogP contribution is 2.31. The van der Waals surface area contributed by atoms with Crippen LogP contribution in [0.2, 0.25) is 0 Å². The molecular weight excluding hydrogens is 578 g/mol. The van der Waals surface area contributed by atoms with Gasteiger partial charge >= 0.3 is 0 Å². The van der Waals surface area contributed by atoms with E-state index in [0.29, 0.717) is 18.9 Å². The summed E-state index contributed by atoms with van der Waals surface area (Å²) in [4.78, 5) is 46.5. The van der Waals surface area contributed by atoms with Crippen LogP contribution in [0.4, 0.5) is 5.82 Å². The molecule has 46 heavy (non-hydrogen) atoms. The molecule has 1 atom stereocenters. The maximum Gasteiger partial charge on any atom is 0.223 e. The standard InChI is InChI=1S/C35H53N7O3.CH4/c1-4-5-15-31-41-32-33(27-12-6-7-14-29(27)40-34(32)36)42(31)22-11-10-20-38-23-30(44)25-16-18-26(19-17-25)35(45)39-21-9-8-13-28(37-3)24(2)43;/h6-7,12,14,25-26,28,37-38H,4-5,8-11,13,15-23H2,1-3H3,(H2,36,40)(H,39,45);1H4. The third-order valence-electron chi connectivity index (χ3n) is 9.34. The second-order valence-electron chi connectivity index (χ2n) is 12.6. The number of ketones is 2. The van der Waals surface area contributed by atoms with E-state index >= 15 is 0 Å². The summed E-state index contributed by atoms with van der Waals surface area (Å²) in [5.41, 5.74) is 9.08. The summed E-state index contributed by atoms with van der Waals surface area (Å²) < 4.78 is 2.33. The smallest absolute Gasteiger partial charge is 0.223 e. The fourth-order valence-electron chi connectivity index (χ4n) is 6.61. The minimum atomic E-state index is -0.103. The number of pyridine rings is 1. The molecule has 10 nitrogen and oxygen atoms in total. The lowest BCUT2D eigenvalue weighted by atomic mass is 9.79. The number of nitrogens with one attached hydrogen (secondary N) is 3. The SMILES string of the molecule is C.CCCCc1nc2c(N)nc3ccccc3c2n1CCCCNCC(=O)C1CCC(C(=O)NCCCCC(NC)C(C)=O)CC1. The van der Waals surface area contributed by atoms with Crippen LogP contribution >= 0.6 is 0 Å². The Morgan fingerprint density at radius 3 is 2.41 bits per heavy atom. The first-order valence-electron chi connectivity index (χ1n) is 17.1. The Bertz CT molecular complexity index is 1430. The Balaban J connectivity index is 0.00000576. The molecule has 0 aliphatic heterocycles. The van der Waals surface area contributed by atoms with Crippen molar-refractivity contribution in [2.75, 3.05) is 32.4 Å². The number of benzene rings is 1. The maximum atomic E-state index is 12.9. The summed E-state index contributed by atoms with van der Waals surface area (Å²) >= 11 is 0. The van der Waals surface area contributed by atoms with E-state index in [2.05, 4.69) is 38.5 Å². The third kappa shape index (κ3) is 9.82. The average Bonchev–Trinajstić information content (AvgIpc) is 3.42. The van der Waals surface area contributed by atoms with Crippen LogP contribution in [0, 0.1) is 11.8 Å². The fourth-order valence-corrected chi connectivity index (χ4v) is 6.61. The van der Waals surface area contributed by atoms with Crippen LogP contribution in [-0.4, -0.2) is 64.7 Å². The third-order valence-corrected chi connectivity index (χ3v) is 9.34. The van der Waals surface area contributed by atoms with Gasteiger partial charge in [-0.1, -0.05) is 39.0 Å². The predicted molar refractivity (Wildman–Crippen MR) is 188 cm³/mol. The van der Waals surface area contributed by atoms with Crippen molar-refractivity contribution >= 4 is 45.2 Å². The van der Waals surface area contributed by atoms with Gasteiger partial charge in [-0.3, -0.25) is 14.4 Å². The number of imidazole rings is 1. The molecule has 1 fully saturated rings. The highest BCUT2D eigenvalue weighted by atomic mass is 16.2. The number of nitrogens with two attached hydrogens (primary N) is 1. The number of carbonyl (C=O) groups is 3. The lowest BCUT2D eigenvalue weighted by molar-refractivity contribution is -0.129. The number of aromatic nitrogens is 3. The number of aryl methyl sites for hydroxylation is 2. The number of para-hydroxylation sites is 1. The molecule has 5 N–H and O–H groups in total. The molecule has 1 amide bonds. The quantitative estimate of drug-likeness (QED) is 0.129. The highest BCUT2D eigenvalue weighted by molar-refractivity contribution is 6.06. The van der Waals surface area contributed by atoms with Crippen molar-refractivity contribution in [3.8, 4) is 0 Å². The molecule has 2 aromatic heterocycles. The number of amides is 1. The first kappa shape index (κ1) is 37.1. The van der Waals surface area contributed by atoms with Gasteiger partial charge in [-0.15, -0.1) is 0 Å². The number of Topliss-reactive ketones (excluding diaryl/α,β-unsaturated/α-hetero) is 2. The summed E-state index contributed by atoms with van der Waals surface area (Å²) in [5.74, 6) is 2.09. The van der Waals surface area contributed by atoms with Gasteiger partial charge in [0.05, 0.1) is 23.6 Å². The van der Waals surface area contributed by atoms with Crippen molar-refractivity contribution in [1.29, 1.82) is 0 Å². The Labute approximate surface area is 275 Å². The number of hydrogen-bond donors (Lipinski definition) is 4. The van der Waals surface area contributed by atoms with Crippen molar-refractivity contribution in [2.45, 2.75) is 111 Å². The van der Waals surface area contributed by atoms with Gasteiger partial charge in [-0.05, 0) is 90.8 Å². The van der Waals surface area contributed by atoms with Gasteiger partial charge in [0.15, 0.2) is 5.82 Å². The Kier molecular flexibility index (Phi) is 15.1. The lowest BCUT2D eigenvalue weighted by Crippen LogP contribution is -2.37. The first-order chi connectivity index (χ1) is 21.8. The summed E-state index contributed by atoms with van der Waals surface area (Å²) in [6, 6.07) is 8.01. The minimum Gasteiger partial charge on any atom is -0.382 e. The van der Waals surface area contributed by atoms with Crippen LogP contribution in [0.5, 0.6) is 0 Å². The van der Waals surface area contributed by atoms with Crippen LogP contribution in [0.3, 0.4) is 0 Å². The monoisotopic (exact) mass is 635 g/mol. The number of carbonyl (C=O) groups excluding carboxylic acids is 3. The maximum absolute atomic E-state index is 12.9. The zero-order chi connectivity index (χ0) is 32.2. The van der Waals surface area contributed by atoms with Crippen molar-refractivity contribution in [2.24, 2.45) is 11.8 Å². The molecule has 1 aromatic carbocycles. The van der Waals surface area contributed by atoms with Gasteiger partial charge in [-0.2, -0.15) is 0 Å². The summed E-state index contributed by atoms with van der Waals surface area (Å²) in [7, 11) is 1.80. The van der Waals surface area contributed by atoms with Gasteiger partial charge in [-0.25, -0.2) is 9.97 Å². The van der Waals surface area contributed by atoms with Crippen LogP contribution in [-0.2, 0) is 27.3 Å². The number of unbranched alkanes of at least 4 members (excludes halogenated alkanes) is 3. The second-order valence-corrected chi connectivity index (χ2v) is 12.6. The largest absolute Gasteiger partial charge is 0.382 e. The number of hydrogen-bond acceptors (Lipinski definition) is 8. The molecule has 3 aromatic rings. The van der Waals surface area contributed by atoms with Gasteiger partial charge in [0.1, 0.15) is 22.9 Å². The number of rotatable bonds is 19. The van der Waals surface area contributed by atoms with E-state index in [1.54, 1.807) is 14.0 Å². The molecular formula is C36H57N7O3. The van der Waals surface area contributed by atoms with E-state index in [-0.39, 0.29) is 42.8 Å². The summed E-state index contributed by atoms with van der Waals surface area (Å²) in [6.45, 7) is 6.45. The van der Waals surface area contributed by atoms with Crippen LogP contribution in [0.1, 0.15) is 97.7 Å². The molecule has 254 valence electrons.